The highest BCUT2D eigenvalue weighted by Gasteiger charge is 2.15. The van der Waals surface area contributed by atoms with E-state index in [9.17, 15) is 4.79 Å². The van der Waals surface area contributed by atoms with Crippen LogP contribution in [-0.2, 0) is 0 Å². The third-order valence-electron chi connectivity index (χ3n) is 4.99. The smallest absolute Gasteiger partial charge is 0.267 e. The molecule has 9 heteroatoms. The highest BCUT2D eigenvalue weighted by atomic mass is 35.5. The molecule has 0 saturated carbocycles. The molecule has 0 bridgehead atoms. The van der Waals surface area contributed by atoms with E-state index in [1.165, 1.54) is 0 Å². The summed E-state index contributed by atoms with van der Waals surface area (Å²) in [7, 11) is 0. The molecule has 0 spiro atoms. The van der Waals surface area contributed by atoms with Crippen molar-refractivity contribution in [1.82, 2.24) is 10.3 Å². The summed E-state index contributed by atoms with van der Waals surface area (Å²) < 4.78 is 10.8. The van der Waals surface area contributed by atoms with Gasteiger partial charge >= 0.3 is 0 Å². The van der Waals surface area contributed by atoms with Crippen LogP contribution in [0, 0.1) is 0 Å². The van der Waals surface area contributed by atoms with Crippen LogP contribution in [0.25, 0.3) is 22.0 Å². The number of hydrogen-bond acceptors (Lipinski definition) is 3. The Kier molecular flexibility index (Phi) is 8.37. The zero-order valence-electron chi connectivity index (χ0n) is 16.5. The zero-order valence-corrected chi connectivity index (χ0v) is 18.1. The van der Waals surface area contributed by atoms with Crippen molar-refractivity contribution in [1.29, 1.82) is 0 Å². The molecule has 1 aromatic heterocycles. The number of rotatable bonds is 7. The molecule has 162 valence electrons. The third-order valence-corrected chi connectivity index (χ3v) is 4.99. The molecular weight excluding hydrogens is 427 g/mol. The summed E-state index contributed by atoms with van der Waals surface area (Å²) in [5, 5.41) is 3.96. The summed E-state index contributed by atoms with van der Waals surface area (Å²) in [6.07, 6.45) is 1.99. The van der Waals surface area contributed by atoms with Gasteiger partial charge in [0.25, 0.3) is 5.91 Å². The number of ether oxygens (including phenoxy) is 2. The Balaban J connectivity index is 0.00000160. The maximum atomic E-state index is 12.5. The second-order valence-corrected chi connectivity index (χ2v) is 7.12. The molecule has 0 radical (unpaired) electrons. The lowest BCUT2D eigenvalue weighted by atomic mass is 10.0. The number of amides is 1. The molecule has 1 aliphatic rings. The van der Waals surface area contributed by atoms with Crippen molar-refractivity contribution in [2.75, 3.05) is 19.9 Å². The first-order valence-corrected chi connectivity index (χ1v) is 9.57. The highest BCUT2D eigenvalue weighted by Crippen LogP contribution is 2.36. The van der Waals surface area contributed by atoms with Gasteiger partial charge in [-0.2, -0.15) is 0 Å². The first-order valence-electron chi connectivity index (χ1n) is 9.57. The van der Waals surface area contributed by atoms with E-state index in [0.29, 0.717) is 12.2 Å². The molecule has 0 fully saturated rings. The summed E-state index contributed by atoms with van der Waals surface area (Å²) in [5.41, 5.74) is 11.5. The second-order valence-electron chi connectivity index (χ2n) is 7.12. The van der Waals surface area contributed by atoms with Gasteiger partial charge in [0.05, 0.1) is 13.1 Å². The van der Waals surface area contributed by atoms with Gasteiger partial charge < -0.3 is 56.1 Å². The number of H-pyrrole nitrogens is 1. The summed E-state index contributed by atoms with van der Waals surface area (Å²) >= 11 is 0. The van der Waals surface area contributed by atoms with E-state index < -0.39 is 0 Å². The molecule has 4 rings (SSSR count). The fourth-order valence-corrected chi connectivity index (χ4v) is 3.37. The predicted octanol–water partition coefficient (Wildman–Crippen LogP) is -5.07. The van der Waals surface area contributed by atoms with Gasteiger partial charge in [-0.1, -0.05) is 18.2 Å². The van der Waals surface area contributed by atoms with Gasteiger partial charge in [-0.15, -0.1) is 0 Å². The average Bonchev–Trinajstić information content (AvgIpc) is 3.35. The minimum Gasteiger partial charge on any atom is -1.00 e. The zero-order chi connectivity index (χ0) is 19.5. The molecule has 3 aromatic rings. The number of quaternary nitrogens is 2. The first kappa shape index (κ1) is 23.8. The van der Waals surface area contributed by atoms with Crippen LogP contribution < -0.4 is 51.1 Å². The quantitative estimate of drug-likeness (QED) is 0.287. The summed E-state index contributed by atoms with van der Waals surface area (Å²) in [6, 6.07) is 14.1. The van der Waals surface area contributed by atoms with Crippen molar-refractivity contribution in [3.05, 3.63) is 48.2 Å². The molecule has 8 N–H and O–H groups in total. The lowest BCUT2D eigenvalue weighted by molar-refractivity contribution is -0.423. The molecule has 0 aliphatic carbocycles. The number of aromatic nitrogens is 1. The van der Waals surface area contributed by atoms with E-state index in [1.807, 2.05) is 42.5 Å². The monoisotopic (exact) mass is 452 g/mol. The number of carbonyl (C=O) groups is 1. The maximum Gasteiger partial charge on any atom is 0.267 e. The number of halogens is 2. The Labute approximate surface area is 187 Å². The number of carbonyl (C=O) groups excluding carboxylic acids is 1. The van der Waals surface area contributed by atoms with Crippen LogP contribution in [0.5, 0.6) is 11.5 Å². The Hall–Kier alpha value is -2.45. The largest absolute Gasteiger partial charge is 1.00 e. The van der Waals surface area contributed by atoms with Gasteiger partial charge in [-0.05, 0) is 35.4 Å². The van der Waals surface area contributed by atoms with E-state index in [2.05, 4.69) is 21.8 Å². The van der Waals surface area contributed by atoms with Crippen LogP contribution in [0.15, 0.2) is 42.5 Å². The topological polar surface area (TPSA) is 119 Å². The van der Waals surface area contributed by atoms with Crippen molar-refractivity contribution in [2.45, 2.75) is 18.9 Å². The fourth-order valence-electron chi connectivity index (χ4n) is 3.37. The minimum atomic E-state index is -0.107. The Bertz CT molecular complexity index is 1010. The van der Waals surface area contributed by atoms with E-state index >= 15 is 0 Å². The SMILES string of the molecule is [Cl-].[Cl-].[NH3+]CCC[C@H]([NH3+])CNC(=O)c1cc2ccc(-c3ccc4c(c3)OCO4)cc2[nH]1. The molecule has 7 nitrogen and oxygen atoms in total. The van der Waals surface area contributed by atoms with Crippen LogP contribution in [-0.4, -0.2) is 36.8 Å². The van der Waals surface area contributed by atoms with Crippen molar-refractivity contribution in [3.63, 3.8) is 0 Å². The van der Waals surface area contributed by atoms with Crippen LogP contribution in [0.3, 0.4) is 0 Å². The summed E-state index contributed by atoms with van der Waals surface area (Å²) in [4.78, 5) is 15.7. The fraction of sp³-hybridized carbons (Fsp3) is 0.286. The Morgan fingerprint density at radius 3 is 2.60 bits per heavy atom. The molecule has 1 aliphatic heterocycles. The number of hydrogen-bond donors (Lipinski definition) is 4. The number of fused-ring (bicyclic) bond motifs is 2. The first-order chi connectivity index (χ1) is 13.6. The van der Waals surface area contributed by atoms with Crippen molar-refractivity contribution < 1.29 is 50.5 Å². The predicted molar refractivity (Wildman–Crippen MR) is 106 cm³/mol. The molecule has 2 heterocycles. The van der Waals surface area contributed by atoms with E-state index in [1.54, 1.807) is 0 Å². The van der Waals surface area contributed by atoms with E-state index in [0.717, 1.165) is 52.9 Å². The summed E-state index contributed by atoms with van der Waals surface area (Å²) in [5.74, 6) is 1.41. The van der Waals surface area contributed by atoms with Gasteiger partial charge in [0.2, 0.25) is 6.79 Å². The highest BCUT2D eigenvalue weighted by molar-refractivity contribution is 5.98. The lowest BCUT2D eigenvalue weighted by Crippen LogP contribution is -3.00. The average molecular weight is 453 g/mol. The molecular formula is C21H26Cl2N4O3. The van der Waals surface area contributed by atoms with Gasteiger partial charge in [0.15, 0.2) is 11.5 Å². The van der Waals surface area contributed by atoms with Gasteiger partial charge in [-0.3, -0.25) is 4.79 Å². The van der Waals surface area contributed by atoms with Gasteiger partial charge in [-0.25, -0.2) is 0 Å². The molecule has 30 heavy (non-hydrogen) atoms. The van der Waals surface area contributed by atoms with Crippen LogP contribution in [0.2, 0.25) is 0 Å². The van der Waals surface area contributed by atoms with Crippen molar-refractivity contribution in [3.8, 4) is 22.6 Å². The second kappa shape index (κ2) is 10.5. The number of aromatic amines is 1. The maximum absolute atomic E-state index is 12.5. The van der Waals surface area contributed by atoms with Crippen LogP contribution in [0.1, 0.15) is 23.3 Å². The van der Waals surface area contributed by atoms with Crippen molar-refractivity contribution in [2.24, 2.45) is 0 Å². The number of benzene rings is 2. The molecule has 0 saturated heterocycles. The van der Waals surface area contributed by atoms with E-state index in [4.69, 9.17) is 9.47 Å². The summed E-state index contributed by atoms with van der Waals surface area (Å²) in [6.45, 7) is 1.72. The van der Waals surface area contributed by atoms with Crippen LogP contribution >= 0.6 is 0 Å². The lowest BCUT2D eigenvalue weighted by Gasteiger charge is -2.08. The van der Waals surface area contributed by atoms with Gasteiger partial charge in [0, 0.05) is 23.7 Å². The van der Waals surface area contributed by atoms with Crippen molar-refractivity contribution >= 4 is 16.8 Å². The number of nitrogens with one attached hydrogen (secondary N) is 2. The van der Waals surface area contributed by atoms with Crippen LogP contribution in [0.4, 0.5) is 0 Å². The third kappa shape index (κ3) is 5.17. The molecule has 0 unspecified atom stereocenters. The minimum absolute atomic E-state index is 0. The Morgan fingerprint density at radius 1 is 1.07 bits per heavy atom. The molecule has 1 amide bonds. The normalized spacial score (nSPS) is 12.7. The van der Waals surface area contributed by atoms with Gasteiger partial charge in [0.1, 0.15) is 11.7 Å². The molecule has 1 atom stereocenters. The molecule has 2 aromatic carbocycles. The van der Waals surface area contributed by atoms with E-state index in [-0.39, 0.29) is 43.6 Å². The Morgan fingerprint density at radius 2 is 1.80 bits per heavy atom. The standard InChI is InChI=1S/C21H24N4O3.2ClH/c22-7-1-2-16(23)11-24-21(26)18-9-15-4-3-13(8-17(15)25-18)14-5-6-19-20(10-14)28-12-27-19;;/h3-6,8-10,16,25H,1-2,7,11-12,22-23H2,(H,24,26);2*1H/t16-;;/m0../s1.